The lowest BCUT2D eigenvalue weighted by molar-refractivity contribution is -0.139. The second-order valence-corrected chi connectivity index (χ2v) is 8.30. The first kappa shape index (κ1) is 24.9. The van der Waals surface area contributed by atoms with Crippen LogP contribution in [0.15, 0.2) is 28.7 Å². The van der Waals surface area contributed by atoms with Crippen molar-refractivity contribution in [3.8, 4) is 0 Å². The summed E-state index contributed by atoms with van der Waals surface area (Å²) in [5.41, 5.74) is 0.565. The largest absolute Gasteiger partial charge is 0.480 e. The molecular formula is C21H18BrF5N2O4. The minimum Gasteiger partial charge on any atom is -0.480 e. The molecule has 33 heavy (non-hydrogen) atoms. The van der Waals surface area contributed by atoms with Gasteiger partial charge in [0.15, 0.2) is 0 Å². The molecule has 0 aliphatic carbocycles. The van der Waals surface area contributed by atoms with E-state index in [0.717, 1.165) is 22.5 Å². The van der Waals surface area contributed by atoms with E-state index in [-0.39, 0.29) is 13.0 Å². The molecule has 0 aromatic heterocycles. The number of alkyl halides is 3. The maximum Gasteiger partial charge on any atom is 0.408 e. The Morgan fingerprint density at radius 2 is 1.76 bits per heavy atom. The van der Waals surface area contributed by atoms with Gasteiger partial charge in [0.25, 0.3) is 5.91 Å². The van der Waals surface area contributed by atoms with Crippen molar-refractivity contribution in [3.63, 3.8) is 0 Å². The molecule has 1 amide bonds. The standard InChI is InChI=1S/C21H18BrF5N2O4/c1-9(21(25,26)27)28-11-5-15(23)18(16(24)6-11)19(30)29-17(20(31)32)4-10-2-3-14(22)13-8-33-7-12(10)13/h2-3,5-6,9,17,28H,4,7-8H2,1H3,(H,29,30)(H,31,32)/t9-,17+/m1/s1. The van der Waals surface area contributed by atoms with Gasteiger partial charge in [-0.1, -0.05) is 22.0 Å². The van der Waals surface area contributed by atoms with E-state index in [0.29, 0.717) is 24.3 Å². The van der Waals surface area contributed by atoms with Crippen LogP contribution in [0.1, 0.15) is 34.0 Å². The van der Waals surface area contributed by atoms with E-state index in [1.54, 1.807) is 12.1 Å². The lowest BCUT2D eigenvalue weighted by Gasteiger charge is -2.20. The van der Waals surface area contributed by atoms with E-state index in [4.69, 9.17) is 4.74 Å². The molecule has 12 heteroatoms. The second kappa shape index (κ2) is 9.64. The molecule has 1 aliphatic rings. The van der Waals surface area contributed by atoms with Crippen LogP contribution in [0.3, 0.4) is 0 Å². The monoisotopic (exact) mass is 536 g/mol. The van der Waals surface area contributed by atoms with Crippen molar-refractivity contribution in [1.29, 1.82) is 0 Å². The number of anilines is 1. The topological polar surface area (TPSA) is 87.7 Å². The number of nitrogens with one attached hydrogen (secondary N) is 2. The summed E-state index contributed by atoms with van der Waals surface area (Å²) in [7, 11) is 0. The summed E-state index contributed by atoms with van der Waals surface area (Å²) >= 11 is 3.38. The summed E-state index contributed by atoms with van der Waals surface area (Å²) in [6.45, 7) is 1.34. The lowest BCUT2D eigenvalue weighted by Crippen LogP contribution is -2.43. The number of amides is 1. The smallest absolute Gasteiger partial charge is 0.408 e. The highest BCUT2D eigenvalue weighted by Gasteiger charge is 2.36. The van der Waals surface area contributed by atoms with Gasteiger partial charge in [0, 0.05) is 16.6 Å². The molecular weight excluding hydrogens is 519 g/mol. The van der Waals surface area contributed by atoms with Crippen molar-refractivity contribution in [2.75, 3.05) is 5.32 Å². The molecule has 2 aromatic rings. The highest BCUT2D eigenvalue weighted by Crippen LogP contribution is 2.31. The molecule has 0 saturated carbocycles. The third-order valence-electron chi connectivity index (χ3n) is 5.13. The number of fused-ring (bicyclic) bond motifs is 1. The van der Waals surface area contributed by atoms with Crippen molar-refractivity contribution in [3.05, 3.63) is 62.6 Å². The van der Waals surface area contributed by atoms with Gasteiger partial charge in [0.1, 0.15) is 29.3 Å². The Morgan fingerprint density at radius 1 is 1.15 bits per heavy atom. The van der Waals surface area contributed by atoms with Gasteiger partial charge in [-0.25, -0.2) is 13.6 Å². The molecule has 6 nitrogen and oxygen atoms in total. The molecule has 178 valence electrons. The Bertz CT molecular complexity index is 1070. The summed E-state index contributed by atoms with van der Waals surface area (Å²) in [6, 6.07) is 0.818. The molecule has 0 spiro atoms. The van der Waals surface area contributed by atoms with Crippen LogP contribution in [0, 0.1) is 11.6 Å². The van der Waals surface area contributed by atoms with Crippen LogP contribution < -0.4 is 10.6 Å². The van der Waals surface area contributed by atoms with Gasteiger partial charge in [-0.05, 0) is 41.8 Å². The molecule has 2 aromatic carbocycles. The van der Waals surface area contributed by atoms with Crippen LogP contribution >= 0.6 is 15.9 Å². The zero-order valence-corrected chi connectivity index (χ0v) is 18.6. The van der Waals surface area contributed by atoms with Crippen LogP contribution in [0.25, 0.3) is 0 Å². The average Bonchev–Trinajstić information content (AvgIpc) is 3.19. The minimum atomic E-state index is -4.66. The molecule has 3 rings (SSSR count). The number of benzene rings is 2. The second-order valence-electron chi connectivity index (χ2n) is 7.45. The average molecular weight is 537 g/mol. The van der Waals surface area contributed by atoms with Gasteiger partial charge < -0.3 is 20.5 Å². The van der Waals surface area contributed by atoms with E-state index in [2.05, 4.69) is 21.2 Å². The predicted octanol–water partition coefficient (Wildman–Crippen LogP) is 4.55. The van der Waals surface area contributed by atoms with Crippen molar-refractivity contribution >= 4 is 33.5 Å². The first-order valence-corrected chi connectivity index (χ1v) is 10.4. The summed E-state index contributed by atoms with van der Waals surface area (Å²) < 4.78 is 73.0. The van der Waals surface area contributed by atoms with Crippen LogP contribution in [0.2, 0.25) is 0 Å². The Balaban J connectivity index is 1.80. The normalized spacial score (nSPS) is 15.0. The zero-order chi connectivity index (χ0) is 24.5. The molecule has 1 heterocycles. The first-order valence-electron chi connectivity index (χ1n) is 9.61. The molecule has 0 fully saturated rings. The van der Waals surface area contributed by atoms with E-state index in [9.17, 15) is 36.6 Å². The number of rotatable bonds is 7. The molecule has 1 aliphatic heterocycles. The molecule has 0 saturated heterocycles. The number of hydrogen-bond donors (Lipinski definition) is 3. The number of carbonyl (C=O) groups excluding carboxylic acids is 1. The number of carboxylic acids is 1. The maximum atomic E-state index is 14.4. The van der Waals surface area contributed by atoms with E-state index in [1.807, 2.05) is 5.32 Å². The molecule has 2 atom stereocenters. The van der Waals surface area contributed by atoms with Crippen LogP contribution in [0.5, 0.6) is 0 Å². The number of aliphatic carboxylic acids is 1. The summed E-state index contributed by atoms with van der Waals surface area (Å²) in [5.74, 6) is -5.66. The summed E-state index contributed by atoms with van der Waals surface area (Å²) in [6.07, 6.45) is -4.83. The van der Waals surface area contributed by atoms with Crippen LogP contribution in [-0.2, 0) is 29.2 Å². The Morgan fingerprint density at radius 3 is 2.33 bits per heavy atom. The number of ether oxygens (including phenoxy) is 1. The Labute approximate surface area is 193 Å². The fraction of sp³-hybridized carbons (Fsp3) is 0.333. The number of hydrogen-bond acceptors (Lipinski definition) is 4. The number of halogens is 6. The third-order valence-corrected chi connectivity index (χ3v) is 5.88. The third kappa shape index (κ3) is 5.61. The predicted molar refractivity (Wildman–Crippen MR) is 111 cm³/mol. The van der Waals surface area contributed by atoms with Gasteiger partial charge in [-0.2, -0.15) is 13.2 Å². The van der Waals surface area contributed by atoms with Crippen molar-refractivity contribution in [2.45, 2.75) is 44.8 Å². The van der Waals surface area contributed by atoms with Crippen LogP contribution in [0.4, 0.5) is 27.6 Å². The highest BCUT2D eigenvalue weighted by molar-refractivity contribution is 9.10. The van der Waals surface area contributed by atoms with Gasteiger partial charge in [-0.15, -0.1) is 0 Å². The fourth-order valence-corrected chi connectivity index (χ4v) is 3.84. The van der Waals surface area contributed by atoms with E-state index < -0.39 is 53.0 Å². The Hall–Kier alpha value is -2.73. The van der Waals surface area contributed by atoms with Crippen LogP contribution in [-0.4, -0.2) is 35.2 Å². The van der Waals surface area contributed by atoms with E-state index >= 15 is 0 Å². The van der Waals surface area contributed by atoms with Gasteiger partial charge in [0.05, 0.1) is 13.2 Å². The SMILES string of the molecule is C[C@@H](Nc1cc(F)c(C(=O)N[C@@H](Cc2ccc(Br)c3c2COC3)C(=O)O)c(F)c1)C(F)(F)F. The quantitative estimate of drug-likeness (QED) is 0.452. The number of carboxylic acid groups (broad SMARTS) is 1. The van der Waals surface area contributed by atoms with Crippen molar-refractivity contribution < 1.29 is 41.4 Å². The molecule has 3 N–H and O–H groups in total. The highest BCUT2D eigenvalue weighted by atomic mass is 79.9. The minimum absolute atomic E-state index is 0.175. The zero-order valence-electron chi connectivity index (χ0n) is 17.0. The molecule has 0 radical (unpaired) electrons. The molecule has 0 unspecified atom stereocenters. The molecule has 0 bridgehead atoms. The fourth-order valence-electron chi connectivity index (χ4n) is 3.35. The van der Waals surface area contributed by atoms with Gasteiger partial charge >= 0.3 is 12.1 Å². The summed E-state index contributed by atoms with van der Waals surface area (Å²) in [4.78, 5) is 24.2. The van der Waals surface area contributed by atoms with Gasteiger partial charge in [0.2, 0.25) is 0 Å². The summed E-state index contributed by atoms with van der Waals surface area (Å²) in [5, 5.41) is 13.5. The Kier molecular flexibility index (Phi) is 7.27. The maximum absolute atomic E-state index is 14.4. The van der Waals surface area contributed by atoms with Crippen molar-refractivity contribution in [1.82, 2.24) is 5.32 Å². The van der Waals surface area contributed by atoms with E-state index in [1.165, 1.54) is 0 Å². The van der Waals surface area contributed by atoms with Gasteiger partial charge in [-0.3, -0.25) is 4.79 Å². The first-order chi connectivity index (χ1) is 15.4. The lowest BCUT2D eigenvalue weighted by atomic mass is 9.97. The number of carbonyl (C=O) groups is 2. The van der Waals surface area contributed by atoms with Crippen molar-refractivity contribution in [2.24, 2.45) is 0 Å².